The van der Waals surface area contributed by atoms with Crippen LogP contribution >= 0.6 is 0 Å². The topological polar surface area (TPSA) is 57.6 Å². The van der Waals surface area contributed by atoms with E-state index in [9.17, 15) is 13.5 Å². The number of aryl methyl sites for hydroxylation is 2. The zero-order valence-electron chi connectivity index (χ0n) is 10.6. The number of benzene rings is 1. The van der Waals surface area contributed by atoms with Gasteiger partial charge in [0.2, 0.25) is 10.0 Å². The van der Waals surface area contributed by atoms with Crippen molar-refractivity contribution in [2.45, 2.75) is 31.8 Å². The van der Waals surface area contributed by atoms with E-state index in [-0.39, 0.29) is 11.4 Å². The van der Waals surface area contributed by atoms with Gasteiger partial charge in [0.05, 0.1) is 11.0 Å². The third kappa shape index (κ3) is 3.52. The Labute approximate surface area is 103 Å². The van der Waals surface area contributed by atoms with Gasteiger partial charge in [0, 0.05) is 13.6 Å². The first kappa shape index (κ1) is 14.2. The minimum absolute atomic E-state index is 0.0926. The minimum Gasteiger partial charge on any atom is -0.392 e. The van der Waals surface area contributed by atoms with Gasteiger partial charge in [-0.1, -0.05) is 6.07 Å². The lowest BCUT2D eigenvalue weighted by atomic mass is 10.2. The van der Waals surface area contributed by atoms with Gasteiger partial charge in [0.15, 0.2) is 0 Å². The predicted molar refractivity (Wildman–Crippen MR) is 67.4 cm³/mol. The Hall–Kier alpha value is -0.910. The summed E-state index contributed by atoms with van der Waals surface area (Å²) in [5.74, 6) is 0. The maximum absolute atomic E-state index is 12.2. The van der Waals surface area contributed by atoms with Gasteiger partial charge in [-0.2, -0.15) is 4.31 Å². The summed E-state index contributed by atoms with van der Waals surface area (Å²) in [7, 11) is -2.03. The summed E-state index contributed by atoms with van der Waals surface area (Å²) >= 11 is 0. The first-order valence-electron chi connectivity index (χ1n) is 5.46. The number of likely N-dealkylation sites (N-methyl/N-ethyl adjacent to an activating group) is 1. The van der Waals surface area contributed by atoms with Crippen LogP contribution in [0.5, 0.6) is 0 Å². The molecular weight excluding hydrogens is 238 g/mol. The molecule has 0 aliphatic rings. The van der Waals surface area contributed by atoms with E-state index >= 15 is 0 Å². The van der Waals surface area contributed by atoms with Gasteiger partial charge in [0.1, 0.15) is 0 Å². The number of sulfonamides is 1. The predicted octanol–water partition coefficient (Wildman–Crippen LogP) is 1.30. The van der Waals surface area contributed by atoms with E-state index in [2.05, 4.69) is 0 Å². The fourth-order valence-corrected chi connectivity index (χ4v) is 3.17. The molecule has 1 rings (SSSR count). The SMILES string of the molecule is Cc1cc(C)cc(S(=O)(=O)N(C)CC(C)O)c1. The normalized spacial score (nSPS) is 14.0. The summed E-state index contributed by atoms with van der Waals surface area (Å²) in [6.07, 6.45) is -0.680. The molecule has 0 heterocycles. The fraction of sp³-hybridized carbons (Fsp3) is 0.500. The number of aliphatic hydroxyl groups excluding tert-OH is 1. The van der Waals surface area contributed by atoms with Crippen molar-refractivity contribution in [2.24, 2.45) is 0 Å². The molecule has 0 aliphatic carbocycles. The molecule has 0 spiro atoms. The standard InChI is InChI=1S/C12H19NO3S/c1-9-5-10(2)7-12(6-9)17(15,16)13(4)8-11(3)14/h5-7,11,14H,8H2,1-4H3. The first-order chi connectivity index (χ1) is 7.73. The summed E-state index contributed by atoms with van der Waals surface area (Å²) in [4.78, 5) is 0.276. The van der Waals surface area contributed by atoms with E-state index in [1.165, 1.54) is 11.4 Å². The van der Waals surface area contributed by atoms with Crippen molar-refractivity contribution in [1.29, 1.82) is 0 Å². The molecule has 0 aliphatic heterocycles. The van der Waals surface area contributed by atoms with Crippen molar-refractivity contribution >= 4 is 10.0 Å². The second-order valence-electron chi connectivity index (χ2n) is 4.46. The summed E-state index contributed by atoms with van der Waals surface area (Å²) in [6, 6.07) is 5.20. The van der Waals surface area contributed by atoms with Gasteiger partial charge >= 0.3 is 0 Å². The van der Waals surface area contributed by atoms with Crippen LogP contribution in [0, 0.1) is 13.8 Å². The molecule has 0 amide bonds. The number of nitrogens with zero attached hydrogens (tertiary/aromatic N) is 1. The van der Waals surface area contributed by atoms with E-state index in [0.29, 0.717) is 0 Å². The molecule has 0 saturated heterocycles. The van der Waals surface area contributed by atoms with Crippen LogP contribution in [-0.2, 0) is 10.0 Å². The Morgan fingerprint density at radius 3 is 2.12 bits per heavy atom. The maximum atomic E-state index is 12.2. The highest BCUT2D eigenvalue weighted by atomic mass is 32.2. The monoisotopic (exact) mass is 257 g/mol. The Kier molecular flexibility index (Phi) is 4.30. The molecule has 4 nitrogen and oxygen atoms in total. The van der Waals surface area contributed by atoms with E-state index in [4.69, 9.17) is 0 Å². The van der Waals surface area contributed by atoms with Crippen molar-refractivity contribution in [3.8, 4) is 0 Å². The third-order valence-corrected chi connectivity index (χ3v) is 4.23. The summed E-state index contributed by atoms with van der Waals surface area (Å²) in [5.41, 5.74) is 1.82. The fourth-order valence-electron chi connectivity index (χ4n) is 1.73. The van der Waals surface area contributed by atoms with Gasteiger partial charge in [-0.3, -0.25) is 0 Å². The molecule has 17 heavy (non-hydrogen) atoms. The molecule has 1 unspecified atom stereocenters. The second-order valence-corrected chi connectivity index (χ2v) is 6.50. The molecule has 1 aromatic carbocycles. The van der Waals surface area contributed by atoms with E-state index in [0.717, 1.165) is 11.1 Å². The van der Waals surface area contributed by atoms with Crippen LogP contribution in [0.15, 0.2) is 23.1 Å². The molecule has 1 atom stereocenters. The Balaban J connectivity index is 3.12. The van der Waals surface area contributed by atoms with E-state index < -0.39 is 16.1 Å². The first-order valence-corrected chi connectivity index (χ1v) is 6.90. The number of hydrogen-bond donors (Lipinski definition) is 1. The average Bonchev–Trinajstić information content (AvgIpc) is 2.14. The zero-order valence-corrected chi connectivity index (χ0v) is 11.5. The molecule has 0 saturated carbocycles. The maximum Gasteiger partial charge on any atom is 0.242 e. The highest BCUT2D eigenvalue weighted by Gasteiger charge is 2.22. The van der Waals surface area contributed by atoms with Crippen molar-refractivity contribution in [1.82, 2.24) is 4.31 Å². The average molecular weight is 257 g/mol. The van der Waals surface area contributed by atoms with E-state index in [1.54, 1.807) is 19.1 Å². The quantitative estimate of drug-likeness (QED) is 0.884. The minimum atomic E-state index is -3.51. The molecule has 0 aromatic heterocycles. The van der Waals surface area contributed by atoms with Crippen molar-refractivity contribution in [3.05, 3.63) is 29.3 Å². The molecular formula is C12H19NO3S. The summed E-state index contributed by atoms with van der Waals surface area (Å²) in [6.45, 7) is 5.38. The lowest BCUT2D eigenvalue weighted by molar-refractivity contribution is 0.171. The van der Waals surface area contributed by atoms with Crippen LogP contribution < -0.4 is 0 Å². The van der Waals surface area contributed by atoms with Crippen LogP contribution in [0.25, 0.3) is 0 Å². The van der Waals surface area contributed by atoms with Crippen molar-refractivity contribution < 1.29 is 13.5 Å². The van der Waals surface area contributed by atoms with Crippen molar-refractivity contribution in [2.75, 3.05) is 13.6 Å². The van der Waals surface area contributed by atoms with Crippen LogP contribution in [0.4, 0.5) is 0 Å². The van der Waals surface area contributed by atoms with Crippen LogP contribution in [0.3, 0.4) is 0 Å². The van der Waals surface area contributed by atoms with Gasteiger partial charge < -0.3 is 5.11 Å². The van der Waals surface area contributed by atoms with Gasteiger partial charge in [0.25, 0.3) is 0 Å². The Morgan fingerprint density at radius 1 is 1.24 bits per heavy atom. The molecule has 0 radical (unpaired) electrons. The lowest BCUT2D eigenvalue weighted by Crippen LogP contribution is -2.33. The van der Waals surface area contributed by atoms with Crippen molar-refractivity contribution in [3.63, 3.8) is 0 Å². The van der Waals surface area contributed by atoms with Gasteiger partial charge in [-0.05, 0) is 44.0 Å². The van der Waals surface area contributed by atoms with Crippen LogP contribution in [-0.4, -0.2) is 37.5 Å². The largest absolute Gasteiger partial charge is 0.392 e. The molecule has 0 bridgehead atoms. The highest BCUT2D eigenvalue weighted by molar-refractivity contribution is 7.89. The molecule has 5 heteroatoms. The lowest BCUT2D eigenvalue weighted by Gasteiger charge is -2.19. The zero-order chi connectivity index (χ0) is 13.2. The Morgan fingerprint density at radius 2 is 1.71 bits per heavy atom. The number of rotatable bonds is 4. The Bertz CT molecular complexity index is 474. The molecule has 96 valence electrons. The summed E-state index contributed by atoms with van der Waals surface area (Å²) < 4.78 is 25.5. The van der Waals surface area contributed by atoms with Gasteiger partial charge in [-0.15, -0.1) is 0 Å². The number of aliphatic hydroxyl groups is 1. The van der Waals surface area contributed by atoms with Gasteiger partial charge in [-0.25, -0.2) is 8.42 Å². The smallest absolute Gasteiger partial charge is 0.242 e. The van der Waals surface area contributed by atoms with E-state index in [1.807, 2.05) is 19.9 Å². The number of hydrogen-bond acceptors (Lipinski definition) is 3. The molecule has 1 N–H and O–H groups in total. The summed E-state index contributed by atoms with van der Waals surface area (Å²) in [5, 5.41) is 9.24. The van der Waals surface area contributed by atoms with Crippen LogP contribution in [0.1, 0.15) is 18.1 Å². The molecule has 0 fully saturated rings. The van der Waals surface area contributed by atoms with Crippen LogP contribution in [0.2, 0.25) is 0 Å². The highest BCUT2D eigenvalue weighted by Crippen LogP contribution is 2.18. The second kappa shape index (κ2) is 5.16. The third-order valence-electron chi connectivity index (χ3n) is 2.42. The molecule has 1 aromatic rings.